The smallest absolute Gasteiger partial charge is 0.138 e. The first kappa shape index (κ1) is 18.7. The molecule has 0 spiro atoms. The molecule has 0 saturated carbocycles. The third-order valence-electron chi connectivity index (χ3n) is 5.21. The highest BCUT2D eigenvalue weighted by Crippen LogP contribution is 2.12. The van der Waals surface area contributed by atoms with E-state index in [0.29, 0.717) is 0 Å². The van der Waals surface area contributed by atoms with Crippen molar-refractivity contribution >= 4 is 12.2 Å². The predicted octanol–water partition coefficient (Wildman–Crippen LogP) is 4.21. The van der Waals surface area contributed by atoms with Crippen molar-refractivity contribution < 1.29 is 4.52 Å². The van der Waals surface area contributed by atoms with E-state index in [-0.39, 0.29) is 0 Å². The summed E-state index contributed by atoms with van der Waals surface area (Å²) in [6, 6.07) is 23.0. The van der Waals surface area contributed by atoms with E-state index in [0.717, 1.165) is 57.1 Å². The lowest BCUT2D eigenvalue weighted by atomic mass is 10.2. The average molecular weight is 374 g/mol. The molecule has 28 heavy (non-hydrogen) atoms. The van der Waals surface area contributed by atoms with E-state index in [9.17, 15) is 0 Å². The van der Waals surface area contributed by atoms with Crippen LogP contribution >= 0.6 is 0 Å². The molecule has 1 aliphatic rings. The third kappa shape index (κ3) is 5.41. The van der Waals surface area contributed by atoms with Gasteiger partial charge in [-0.3, -0.25) is 4.90 Å². The van der Waals surface area contributed by atoms with Crippen LogP contribution in [0.3, 0.4) is 0 Å². The number of rotatable bonds is 7. The Labute approximate surface area is 167 Å². The zero-order valence-electron chi connectivity index (χ0n) is 16.2. The zero-order valence-corrected chi connectivity index (χ0v) is 16.2. The van der Waals surface area contributed by atoms with E-state index >= 15 is 0 Å². The van der Waals surface area contributed by atoms with Crippen LogP contribution in [-0.4, -0.2) is 47.7 Å². The summed E-state index contributed by atoms with van der Waals surface area (Å²) >= 11 is 0. The maximum Gasteiger partial charge on any atom is 0.138 e. The average Bonchev–Trinajstić information content (AvgIpc) is 3.21. The predicted molar refractivity (Wildman–Crippen MR) is 114 cm³/mol. The van der Waals surface area contributed by atoms with Crippen molar-refractivity contribution in [2.45, 2.75) is 13.0 Å². The minimum absolute atomic E-state index is 0.881. The summed E-state index contributed by atoms with van der Waals surface area (Å²) in [6.07, 6.45) is 4.98. The van der Waals surface area contributed by atoms with Crippen molar-refractivity contribution in [3.8, 4) is 0 Å². The molecule has 4 heteroatoms. The Balaban J connectivity index is 1.20. The molecule has 0 unspecified atom stereocenters. The summed E-state index contributed by atoms with van der Waals surface area (Å²) in [5.74, 6) is 0.958. The van der Waals surface area contributed by atoms with Gasteiger partial charge in [0.25, 0.3) is 0 Å². The fourth-order valence-electron chi connectivity index (χ4n) is 3.55. The molecule has 3 aromatic rings. The Morgan fingerprint density at radius 1 is 0.821 bits per heavy atom. The summed E-state index contributed by atoms with van der Waals surface area (Å²) in [5.41, 5.74) is 3.45. The number of hydrogen-bond donors (Lipinski definition) is 0. The molecule has 0 aliphatic carbocycles. The van der Waals surface area contributed by atoms with Crippen molar-refractivity contribution in [2.75, 3.05) is 32.7 Å². The molecule has 0 radical (unpaired) electrons. The molecular formula is C24H27N3O. The van der Waals surface area contributed by atoms with Gasteiger partial charge in [0, 0.05) is 51.8 Å². The SMILES string of the molecule is C(=Cc1cc(CCN2CCN(Cc3ccccc3)CC2)on1)c1ccccc1. The minimum Gasteiger partial charge on any atom is -0.361 e. The van der Waals surface area contributed by atoms with Crippen molar-refractivity contribution in [3.05, 3.63) is 89.3 Å². The Bertz CT molecular complexity index is 865. The van der Waals surface area contributed by atoms with E-state index in [1.807, 2.05) is 30.3 Å². The highest BCUT2D eigenvalue weighted by atomic mass is 16.5. The van der Waals surface area contributed by atoms with Crippen LogP contribution in [0.2, 0.25) is 0 Å². The normalized spacial score (nSPS) is 16.0. The molecule has 0 atom stereocenters. The Hall–Kier alpha value is -2.69. The van der Waals surface area contributed by atoms with Crippen LogP contribution in [-0.2, 0) is 13.0 Å². The van der Waals surface area contributed by atoms with E-state index in [4.69, 9.17) is 4.52 Å². The number of nitrogens with zero attached hydrogens (tertiary/aromatic N) is 3. The molecule has 4 nitrogen and oxygen atoms in total. The largest absolute Gasteiger partial charge is 0.361 e. The maximum absolute atomic E-state index is 5.51. The van der Waals surface area contributed by atoms with Gasteiger partial charge in [0.05, 0.1) is 0 Å². The van der Waals surface area contributed by atoms with E-state index in [1.54, 1.807) is 0 Å². The van der Waals surface area contributed by atoms with Gasteiger partial charge in [-0.2, -0.15) is 0 Å². The second-order valence-electron chi connectivity index (χ2n) is 7.32. The molecule has 1 aliphatic heterocycles. The van der Waals surface area contributed by atoms with Gasteiger partial charge >= 0.3 is 0 Å². The first-order chi connectivity index (χ1) is 13.8. The molecule has 144 valence electrons. The second kappa shape index (κ2) is 9.49. The Morgan fingerprint density at radius 2 is 1.50 bits per heavy atom. The maximum atomic E-state index is 5.51. The van der Waals surface area contributed by atoms with Crippen molar-refractivity contribution in [1.29, 1.82) is 0 Å². The second-order valence-corrected chi connectivity index (χ2v) is 7.32. The molecule has 0 bridgehead atoms. The number of piperazine rings is 1. The fourth-order valence-corrected chi connectivity index (χ4v) is 3.55. The van der Waals surface area contributed by atoms with Crippen molar-refractivity contribution in [2.24, 2.45) is 0 Å². The number of hydrogen-bond acceptors (Lipinski definition) is 4. The lowest BCUT2D eigenvalue weighted by Crippen LogP contribution is -2.46. The molecular weight excluding hydrogens is 346 g/mol. The molecule has 2 aromatic carbocycles. The minimum atomic E-state index is 0.881. The van der Waals surface area contributed by atoms with Gasteiger partial charge in [0.15, 0.2) is 0 Å². The highest BCUT2D eigenvalue weighted by Gasteiger charge is 2.17. The molecule has 0 amide bonds. The topological polar surface area (TPSA) is 32.5 Å². The number of benzene rings is 2. The van der Waals surface area contributed by atoms with Gasteiger partial charge in [-0.25, -0.2) is 0 Å². The van der Waals surface area contributed by atoms with E-state index in [1.165, 1.54) is 11.1 Å². The van der Waals surface area contributed by atoms with Crippen LogP contribution in [0.4, 0.5) is 0 Å². The highest BCUT2D eigenvalue weighted by molar-refractivity contribution is 5.67. The van der Waals surface area contributed by atoms with Gasteiger partial charge in [-0.15, -0.1) is 0 Å². The van der Waals surface area contributed by atoms with Crippen LogP contribution in [0.15, 0.2) is 71.3 Å². The monoisotopic (exact) mass is 373 g/mol. The summed E-state index contributed by atoms with van der Waals surface area (Å²) in [4.78, 5) is 5.05. The molecule has 1 fully saturated rings. The Morgan fingerprint density at radius 3 is 2.25 bits per heavy atom. The lowest BCUT2D eigenvalue weighted by Gasteiger charge is -2.34. The lowest BCUT2D eigenvalue weighted by molar-refractivity contribution is 0.126. The zero-order chi connectivity index (χ0) is 19.0. The quantitative estimate of drug-likeness (QED) is 0.621. The first-order valence-corrected chi connectivity index (χ1v) is 10.0. The summed E-state index contributed by atoms with van der Waals surface area (Å²) in [5, 5.41) is 4.17. The molecule has 1 aromatic heterocycles. The van der Waals surface area contributed by atoms with Crippen LogP contribution < -0.4 is 0 Å². The van der Waals surface area contributed by atoms with Crippen LogP contribution in [0, 0.1) is 0 Å². The van der Waals surface area contributed by atoms with Gasteiger partial charge in [-0.05, 0) is 17.2 Å². The van der Waals surface area contributed by atoms with Crippen molar-refractivity contribution in [3.63, 3.8) is 0 Å². The van der Waals surface area contributed by atoms with Gasteiger partial charge in [0.1, 0.15) is 11.5 Å². The van der Waals surface area contributed by atoms with Gasteiger partial charge in [-0.1, -0.05) is 71.9 Å². The summed E-state index contributed by atoms with van der Waals surface area (Å²) in [7, 11) is 0. The molecule has 2 heterocycles. The molecule has 0 N–H and O–H groups in total. The summed E-state index contributed by atoms with van der Waals surface area (Å²) in [6.45, 7) is 6.54. The molecule has 4 rings (SSSR count). The standard InChI is InChI=1S/C24H27N3O/c1-3-7-21(8-4-1)11-12-23-19-24(28-25-23)13-14-26-15-17-27(18-16-26)20-22-9-5-2-6-10-22/h1-12,19H,13-18,20H2. The molecule has 1 saturated heterocycles. The van der Waals surface area contributed by atoms with Crippen LogP contribution in [0.1, 0.15) is 22.6 Å². The third-order valence-corrected chi connectivity index (χ3v) is 5.21. The van der Waals surface area contributed by atoms with E-state index in [2.05, 4.69) is 63.5 Å². The van der Waals surface area contributed by atoms with Crippen LogP contribution in [0.25, 0.3) is 12.2 Å². The number of aromatic nitrogens is 1. The van der Waals surface area contributed by atoms with E-state index < -0.39 is 0 Å². The fraction of sp³-hybridized carbons (Fsp3) is 0.292. The summed E-state index contributed by atoms with van der Waals surface area (Å²) < 4.78 is 5.51. The van der Waals surface area contributed by atoms with Gasteiger partial charge in [0.2, 0.25) is 0 Å². The van der Waals surface area contributed by atoms with Crippen molar-refractivity contribution in [1.82, 2.24) is 15.0 Å². The van der Waals surface area contributed by atoms with Crippen LogP contribution in [0.5, 0.6) is 0 Å². The van der Waals surface area contributed by atoms with Gasteiger partial charge < -0.3 is 9.42 Å². The Kier molecular flexibility index (Phi) is 6.32. The first-order valence-electron chi connectivity index (χ1n) is 10.0.